The van der Waals surface area contributed by atoms with Gasteiger partial charge in [0.15, 0.2) is 0 Å². The molecule has 0 radical (unpaired) electrons. The zero-order chi connectivity index (χ0) is 20.3. The molecule has 0 N–H and O–H groups in total. The van der Waals surface area contributed by atoms with E-state index in [1.54, 1.807) is 6.92 Å². The SMILES string of the molecule is C=C(C)C(=O)OC(=O)CCCCCCCCCCCCCCCCC(C)C. The molecule has 3 nitrogen and oxygen atoms in total. The highest BCUT2D eigenvalue weighted by molar-refractivity contribution is 5.95. The van der Waals surface area contributed by atoms with Gasteiger partial charge in [0.2, 0.25) is 0 Å². The summed E-state index contributed by atoms with van der Waals surface area (Å²) in [4.78, 5) is 22.6. The van der Waals surface area contributed by atoms with E-state index in [1.807, 2.05) is 0 Å². The van der Waals surface area contributed by atoms with Crippen LogP contribution < -0.4 is 0 Å². The number of hydrogen-bond donors (Lipinski definition) is 0. The van der Waals surface area contributed by atoms with Gasteiger partial charge in [-0.2, -0.15) is 0 Å². The van der Waals surface area contributed by atoms with Crippen LogP contribution in [0.2, 0.25) is 0 Å². The number of rotatable bonds is 18. The molecule has 3 heteroatoms. The zero-order valence-electron chi connectivity index (χ0n) is 18.3. The van der Waals surface area contributed by atoms with Gasteiger partial charge in [-0.3, -0.25) is 4.79 Å². The lowest BCUT2D eigenvalue weighted by atomic mass is 10.0. The molecule has 0 saturated heterocycles. The van der Waals surface area contributed by atoms with E-state index in [0.717, 1.165) is 25.2 Å². The summed E-state index contributed by atoms with van der Waals surface area (Å²) in [6.07, 6.45) is 19.8. The molecule has 0 aromatic carbocycles. The maximum atomic E-state index is 11.4. The number of hydrogen-bond acceptors (Lipinski definition) is 3. The third-order valence-electron chi connectivity index (χ3n) is 4.97. The van der Waals surface area contributed by atoms with E-state index in [9.17, 15) is 9.59 Å². The lowest BCUT2D eigenvalue weighted by Crippen LogP contribution is -2.12. The second-order valence-corrected chi connectivity index (χ2v) is 8.42. The van der Waals surface area contributed by atoms with Crippen molar-refractivity contribution in [3.05, 3.63) is 12.2 Å². The molecule has 0 saturated carbocycles. The first-order chi connectivity index (χ1) is 12.9. The predicted octanol–water partition coefficient (Wildman–Crippen LogP) is 7.53. The van der Waals surface area contributed by atoms with Crippen LogP contribution in [0.1, 0.15) is 124 Å². The second kappa shape index (κ2) is 18.3. The Balaban J connectivity index is 3.20. The summed E-state index contributed by atoms with van der Waals surface area (Å²) in [6.45, 7) is 9.63. The molecule has 0 aliphatic carbocycles. The Hall–Kier alpha value is -1.12. The van der Waals surface area contributed by atoms with Crippen molar-refractivity contribution in [2.45, 2.75) is 124 Å². The average molecular weight is 381 g/mol. The Bertz CT molecular complexity index is 398. The third kappa shape index (κ3) is 19.4. The van der Waals surface area contributed by atoms with Crippen molar-refractivity contribution in [2.75, 3.05) is 0 Å². The van der Waals surface area contributed by atoms with Crippen molar-refractivity contribution in [1.82, 2.24) is 0 Å². The fourth-order valence-electron chi connectivity index (χ4n) is 3.18. The van der Waals surface area contributed by atoms with Crippen LogP contribution in [0.25, 0.3) is 0 Å². The molecule has 0 aliphatic rings. The minimum atomic E-state index is -0.605. The van der Waals surface area contributed by atoms with E-state index in [-0.39, 0.29) is 5.57 Å². The van der Waals surface area contributed by atoms with Gasteiger partial charge in [0.05, 0.1) is 0 Å². The zero-order valence-corrected chi connectivity index (χ0v) is 18.3. The van der Waals surface area contributed by atoms with E-state index in [0.29, 0.717) is 6.42 Å². The summed E-state index contributed by atoms with van der Waals surface area (Å²) in [5.74, 6) is -0.173. The monoisotopic (exact) mass is 380 g/mol. The molecule has 27 heavy (non-hydrogen) atoms. The van der Waals surface area contributed by atoms with Gasteiger partial charge in [0.25, 0.3) is 0 Å². The number of unbranched alkanes of at least 4 members (excludes halogenated alkanes) is 13. The first kappa shape index (κ1) is 25.9. The van der Waals surface area contributed by atoms with Gasteiger partial charge in [0, 0.05) is 12.0 Å². The Morgan fingerprint density at radius 3 is 1.44 bits per heavy atom. The van der Waals surface area contributed by atoms with Crippen LogP contribution in [-0.4, -0.2) is 11.9 Å². The van der Waals surface area contributed by atoms with Gasteiger partial charge in [0.1, 0.15) is 0 Å². The molecule has 0 aromatic heterocycles. The van der Waals surface area contributed by atoms with E-state index < -0.39 is 11.9 Å². The van der Waals surface area contributed by atoms with Crippen LogP contribution in [0.3, 0.4) is 0 Å². The summed E-state index contributed by atoms with van der Waals surface area (Å²) in [5, 5.41) is 0. The second-order valence-electron chi connectivity index (χ2n) is 8.42. The van der Waals surface area contributed by atoms with Crippen molar-refractivity contribution in [2.24, 2.45) is 5.92 Å². The molecule has 0 spiro atoms. The molecule has 0 amide bonds. The van der Waals surface area contributed by atoms with E-state index >= 15 is 0 Å². The molecular weight excluding hydrogens is 336 g/mol. The Morgan fingerprint density at radius 2 is 1.07 bits per heavy atom. The van der Waals surface area contributed by atoms with E-state index in [2.05, 4.69) is 25.2 Å². The molecule has 0 aromatic rings. The summed E-state index contributed by atoms with van der Waals surface area (Å²) < 4.78 is 4.66. The Kier molecular flexibility index (Phi) is 17.5. The van der Waals surface area contributed by atoms with Gasteiger partial charge in [-0.15, -0.1) is 0 Å². The molecule has 0 aliphatic heterocycles. The van der Waals surface area contributed by atoms with Crippen molar-refractivity contribution in [3.8, 4) is 0 Å². The number of carbonyl (C=O) groups excluding carboxylic acids is 2. The quantitative estimate of drug-likeness (QED) is 0.107. The largest absolute Gasteiger partial charge is 0.390 e. The fourth-order valence-corrected chi connectivity index (χ4v) is 3.18. The molecule has 0 fully saturated rings. The highest BCUT2D eigenvalue weighted by atomic mass is 16.6. The molecule has 0 heterocycles. The highest BCUT2D eigenvalue weighted by Gasteiger charge is 2.10. The van der Waals surface area contributed by atoms with Gasteiger partial charge in [-0.25, -0.2) is 4.79 Å². The van der Waals surface area contributed by atoms with Crippen LogP contribution >= 0.6 is 0 Å². The number of esters is 2. The van der Waals surface area contributed by atoms with Crippen LogP contribution in [-0.2, 0) is 14.3 Å². The first-order valence-electron chi connectivity index (χ1n) is 11.3. The smallest absolute Gasteiger partial charge is 0.340 e. The van der Waals surface area contributed by atoms with Gasteiger partial charge < -0.3 is 4.74 Å². The molecule has 0 unspecified atom stereocenters. The van der Waals surface area contributed by atoms with Crippen LogP contribution in [0.5, 0.6) is 0 Å². The lowest BCUT2D eigenvalue weighted by molar-refractivity contribution is -0.156. The summed E-state index contributed by atoms with van der Waals surface area (Å²) in [5.41, 5.74) is 0.269. The van der Waals surface area contributed by atoms with Crippen LogP contribution in [0.15, 0.2) is 12.2 Å². The Morgan fingerprint density at radius 1 is 0.704 bits per heavy atom. The fraction of sp³-hybridized carbons (Fsp3) is 0.833. The van der Waals surface area contributed by atoms with Crippen LogP contribution in [0.4, 0.5) is 0 Å². The van der Waals surface area contributed by atoms with Crippen molar-refractivity contribution < 1.29 is 14.3 Å². The van der Waals surface area contributed by atoms with Crippen molar-refractivity contribution >= 4 is 11.9 Å². The van der Waals surface area contributed by atoms with Crippen molar-refractivity contribution in [3.63, 3.8) is 0 Å². The molecular formula is C24H44O3. The molecule has 158 valence electrons. The first-order valence-corrected chi connectivity index (χ1v) is 11.3. The average Bonchev–Trinajstić information content (AvgIpc) is 2.60. The molecule has 0 atom stereocenters. The highest BCUT2D eigenvalue weighted by Crippen LogP contribution is 2.15. The Labute approximate surface area is 168 Å². The van der Waals surface area contributed by atoms with E-state index in [4.69, 9.17) is 0 Å². The number of ether oxygens (including phenoxy) is 1. The van der Waals surface area contributed by atoms with Gasteiger partial charge in [-0.05, 0) is 19.3 Å². The minimum Gasteiger partial charge on any atom is -0.390 e. The van der Waals surface area contributed by atoms with Gasteiger partial charge in [-0.1, -0.05) is 110 Å². The van der Waals surface area contributed by atoms with E-state index in [1.165, 1.54) is 77.0 Å². The normalized spacial score (nSPS) is 11.0. The summed E-state index contributed by atoms with van der Waals surface area (Å²) >= 11 is 0. The number of carbonyl (C=O) groups is 2. The maximum absolute atomic E-state index is 11.4. The third-order valence-corrected chi connectivity index (χ3v) is 4.97. The topological polar surface area (TPSA) is 43.4 Å². The predicted molar refractivity (Wildman–Crippen MR) is 115 cm³/mol. The van der Waals surface area contributed by atoms with Crippen LogP contribution in [0, 0.1) is 5.92 Å². The summed E-state index contributed by atoms with van der Waals surface area (Å²) in [7, 11) is 0. The standard InChI is InChI=1S/C24H44O3/c1-21(2)19-17-15-13-11-9-7-5-6-8-10-12-14-16-18-20-23(25)27-24(26)22(3)4/h21H,3,5-20H2,1-2,4H3. The van der Waals surface area contributed by atoms with Gasteiger partial charge >= 0.3 is 11.9 Å². The van der Waals surface area contributed by atoms with Crippen molar-refractivity contribution in [1.29, 1.82) is 0 Å². The summed E-state index contributed by atoms with van der Waals surface area (Å²) in [6, 6.07) is 0. The molecule has 0 bridgehead atoms. The minimum absolute atomic E-state index is 0.269. The lowest BCUT2D eigenvalue weighted by Gasteiger charge is -2.05. The molecule has 0 rings (SSSR count). The maximum Gasteiger partial charge on any atom is 0.340 e.